The third kappa shape index (κ3) is 724. The van der Waals surface area contributed by atoms with E-state index in [2.05, 4.69) is 11.5 Å². The van der Waals surface area contributed by atoms with E-state index in [9.17, 15) is 0 Å². The predicted molar refractivity (Wildman–Crippen MR) is 46.2 cm³/mol. The van der Waals surface area contributed by atoms with Crippen molar-refractivity contribution in [1.29, 1.82) is 5.41 Å². The quantitative estimate of drug-likeness (QED) is 0.239. The Bertz CT molecular complexity index is 69.5. The molecular weight excluding hydrogens is 146 g/mol. The van der Waals surface area contributed by atoms with Gasteiger partial charge in [-0.25, -0.2) is 0 Å². The van der Waals surface area contributed by atoms with Gasteiger partial charge in [-0.05, 0) is 20.8 Å². The maximum atomic E-state index is 8.06. The predicted octanol–water partition coefficient (Wildman–Crippen LogP) is -0.776. The molecule has 5 heteroatoms. The van der Waals surface area contributed by atoms with E-state index in [1.54, 1.807) is 20.8 Å². The Morgan fingerprint density at radius 3 is 1.45 bits per heavy atom. The lowest BCUT2D eigenvalue weighted by molar-refractivity contribution is 0.216. The van der Waals surface area contributed by atoms with Crippen LogP contribution in [-0.4, -0.2) is 28.9 Å². The monoisotopic (exact) mass is 165 g/mol. The highest BCUT2D eigenvalue weighted by molar-refractivity contribution is 5.71. The highest BCUT2D eigenvalue weighted by Gasteiger charge is 1.69. The van der Waals surface area contributed by atoms with Crippen molar-refractivity contribution >= 4 is 5.96 Å². The molecule has 0 saturated carbocycles. The van der Waals surface area contributed by atoms with Gasteiger partial charge in [0.25, 0.3) is 0 Å². The normalized spacial score (nSPS) is 7.09. The van der Waals surface area contributed by atoms with Crippen molar-refractivity contribution in [3.05, 3.63) is 0 Å². The number of hydrogen-bond donors (Lipinski definition) is 5. The molecule has 0 unspecified atom stereocenters. The van der Waals surface area contributed by atoms with Crippen molar-refractivity contribution in [3.8, 4) is 0 Å². The largest absolute Gasteiger partial charge is 0.397 e. The van der Waals surface area contributed by atoms with Crippen LogP contribution in [0.1, 0.15) is 20.8 Å². The number of aliphatic hydroxyl groups is 2. The molecule has 0 aromatic heterocycles. The standard InChI is InChI=1S/C3H8O.C2H6O.CH5N3/c1-3(2)4;1-2-3;2-1(3)4/h3-4H,1-2H3;3H,2H2,1H3;(H5,2,3,4). The smallest absolute Gasteiger partial charge is 0.183 e. The highest BCUT2D eigenvalue weighted by atomic mass is 16.3. The summed E-state index contributed by atoms with van der Waals surface area (Å²) >= 11 is 0. The maximum Gasteiger partial charge on any atom is 0.183 e. The zero-order chi connectivity index (χ0) is 9.86. The molecule has 70 valence electrons. The molecule has 0 atom stereocenters. The lowest BCUT2D eigenvalue weighted by atomic mass is 10.5. The molecule has 0 heterocycles. The van der Waals surface area contributed by atoms with E-state index in [0.29, 0.717) is 0 Å². The second-order valence-corrected chi connectivity index (χ2v) is 1.87. The van der Waals surface area contributed by atoms with E-state index in [0.717, 1.165) is 0 Å². The second kappa shape index (κ2) is 16.1. The summed E-state index contributed by atoms with van der Waals surface area (Å²) in [6.45, 7) is 5.38. The molecule has 0 aliphatic rings. The second-order valence-electron chi connectivity index (χ2n) is 1.87. The Hall–Kier alpha value is -0.810. The number of hydrogen-bond acceptors (Lipinski definition) is 3. The molecule has 0 aliphatic carbocycles. The van der Waals surface area contributed by atoms with Crippen molar-refractivity contribution in [1.82, 2.24) is 0 Å². The van der Waals surface area contributed by atoms with Gasteiger partial charge in [0, 0.05) is 12.7 Å². The molecule has 7 N–H and O–H groups in total. The summed E-state index contributed by atoms with van der Waals surface area (Å²) in [4.78, 5) is 0. The van der Waals surface area contributed by atoms with E-state index in [-0.39, 0.29) is 18.7 Å². The number of rotatable bonds is 0. The molecule has 0 aromatic rings. The fourth-order valence-electron chi connectivity index (χ4n) is 0. The molecular formula is C6H19N3O2. The molecule has 0 radical (unpaired) electrons. The van der Waals surface area contributed by atoms with Crippen LogP contribution in [0.15, 0.2) is 0 Å². The van der Waals surface area contributed by atoms with E-state index in [1.807, 2.05) is 0 Å². The molecule has 5 nitrogen and oxygen atoms in total. The lowest BCUT2D eigenvalue weighted by Crippen LogP contribution is -2.20. The number of aliphatic hydroxyl groups excluding tert-OH is 2. The summed E-state index contributed by atoms with van der Waals surface area (Å²) in [5.74, 6) is -0.333. The average molecular weight is 165 g/mol. The van der Waals surface area contributed by atoms with Gasteiger partial charge < -0.3 is 21.7 Å². The first-order valence-corrected chi connectivity index (χ1v) is 3.26. The minimum Gasteiger partial charge on any atom is -0.397 e. The molecule has 11 heavy (non-hydrogen) atoms. The highest BCUT2D eigenvalue weighted by Crippen LogP contribution is 1.65. The van der Waals surface area contributed by atoms with Crippen LogP contribution >= 0.6 is 0 Å². The van der Waals surface area contributed by atoms with Crippen molar-refractivity contribution in [2.75, 3.05) is 6.61 Å². The number of nitrogens with one attached hydrogen (secondary N) is 1. The molecule has 0 aliphatic heterocycles. The van der Waals surface area contributed by atoms with Gasteiger partial charge in [0.2, 0.25) is 0 Å². The molecule has 0 saturated heterocycles. The van der Waals surface area contributed by atoms with Crippen LogP contribution in [-0.2, 0) is 0 Å². The Labute approximate surface area is 67.5 Å². The van der Waals surface area contributed by atoms with E-state index < -0.39 is 0 Å². The topological polar surface area (TPSA) is 116 Å². The SMILES string of the molecule is CC(C)O.CCO.N=C(N)N. The Morgan fingerprint density at radius 2 is 1.45 bits per heavy atom. The third-order valence-corrected chi connectivity index (χ3v) is 0. The molecule has 0 amide bonds. The number of nitrogens with two attached hydrogens (primary N) is 2. The van der Waals surface area contributed by atoms with Gasteiger partial charge in [-0.2, -0.15) is 0 Å². The van der Waals surface area contributed by atoms with Gasteiger partial charge in [-0.1, -0.05) is 0 Å². The fourth-order valence-corrected chi connectivity index (χ4v) is 0. The van der Waals surface area contributed by atoms with Crippen LogP contribution < -0.4 is 11.5 Å². The van der Waals surface area contributed by atoms with Crippen LogP contribution in [0.5, 0.6) is 0 Å². The molecule has 0 aromatic carbocycles. The van der Waals surface area contributed by atoms with Crippen LogP contribution in [0.2, 0.25) is 0 Å². The lowest BCUT2D eigenvalue weighted by Gasteiger charge is -1.80. The van der Waals surface area contributed by atoms with E-state index >= 15 is 0 Å². The van der Waals surface area contributed by atoms with Crippen LogP contribution in [0.25, 0.3) is 0 Å². The van der Waals surface area contributed by atoms with Crippen LogP contribution in [0, 0.1) is 5.41 Å². The summed E-state index contributed by atoms with van der Waals surface area (Å²) in [5, 5.41) is 21.7. The zero-order valence-electron chi connectivity index (χ0n) is 7.33. The van der Waals surface area contributed by atoms with Gasteiger partial charge in [-0.15, -0.1) is 0 Å². The van der Waals surface area contributed by atoms with Crippen molar-refractivity contribution in [2.24, 2.45) is 11.5 Å². The average Bonchev–Trinajstić information content (AvgIpc) is 1.60. The van der Waals surface area contributed by atoms with Crippen molar-refractivity contribution in [2.45, 2.75) is 26.9 Å². The first-order chi connectivity index (χ1) is 4.88. The summed E-state index contributed by atoms with van der Waals surface area (Å²) in [7, 11) is 0. The molecule has 0 spiro atoms. The van der Waals surface area contributed by atoms with Crippen molar-refractivity contribution in [3.63, 3.8) is 0 Å². The van der Waals surface area contributed by atoms with Gasteiger partial charge in [0.15, 0.2) is 5.96 Å². The summed E-state index contributed by atoms with van der Waals surface area (Å²) < 4.78 is 0. The van der Waals surface area contributed by atoms with E-state index in [4.69, 9.17) is 15.6 Å². The third-order valence-electron chi connectivity index (χ3n) is 0. The molecule has 0 bridgehead atoms. The summed E-state index contributed by atoms with van der Waals surface area (Å²) in [5.41, 5.74) is 8.94. The van der Waals surface area contributed by atoms with Gasteiger partial charge in [0.05, 0.1) is 0 Å². The van der Waals surface area contributed by atoms with Gasteiger partial charge >= 0.3 is 0 Å². The zero-order valence-corrected chi connectivity index (χ0v) is 7.33. The fraction of sp³-hybridized carbons (Fsp3) is 0.833. The van der Waals surface area contributed by atoms with Crippen LogP contribution in [0.3, 0.4) is 0 Å². The number of guanidine groups is 1. The Morgan fingerprint density at radius 1 is 1.45 bits per heavy atom. The first-order valence-electron chi connectivity index (χ1n) is 3.26. The summed E-state index contributed by atoms with van der Waals surface area (Å²) in [6.07, 6.45) is -0.167. The minimum absolute atomic E-state index is 0.167. The van der Waals surface area contributed by atoms with Crippen molar-refractivity contribution < 1.29 is 10.2 Å². The summed E-state index contributed by atoms with van der Waals surface area (Å²) in [6, 6.07) is 0. The Kier molecular flexibility index (Phi) is 24.3. The van der Waals surface area contributed by atoms with Crippen LogP contribution in [0.4, 0.5) is 0 Å². The molecule has 0 rings (SSSR count). The Balaban J connectivity index is -0.0000000886. The first kappa shape index (κ1) is 16.6. The van der Waals surface area contributed by atoms with E-state index in [1.165, 1.54) is 0 Å². The van der Waals surface area contributed by atoms with Gasteiger partial charge in [0.1, 0.15) is 0 Å². The van der Waals surface area contributed by atoms with Gasteiger partial charge in [-0.3, -0.25) is 5.41 Å². The minimum atomic E-state index is -0.333. The maximum absolute atomic E-state index is 8.06. The molecule has 0 fully saturated rings.